The minimum atomic E-state index is -0.896. The normalized spacial score (nSPS) is 17.2. The van der Waals surface area contributed by atoms with Gasteiger partial charge in [0.1, 0.15) is 6.04 Å². The maximum absolute atomic E-state index is 12.2. The highest BCUT2D eigenvalue weighted by Gasteiger charge is 2.32. The Morgan fingerprint density at radius 2 is 2.08 bits per heavy atom. The topological polar surface area (TPSA) is 81.4 Å². The largest absolute Gasteiger partial charge is 0.481 e. The quantitative estimate of drug-likeness (QED) is 0.601. The zero-order chi connectivity index (χ0) is 17.5. The molecule has 1 atom stereocenters. The van der Waals surface area contributed by atoms with E-state index in [0.29, 0.717) is 29.9 Å². The first-order valence-corrected chi connectivity index (χ1v) is 8.93. The van der Waals surface area contributed by atoms with Crippen molar-refractivity contribution < 1.29 is 14.7 Å². The van der Waals surface area contributed by atoms with E-state index in [1.54, 1.807) is 0 Å². The van der Waals surface area contributed by atoms with Crippen LogP contribution >= 0.6 is 23.6 Å². The standard InChI is InChI=1S/C17H18N2O3S2/c18-11-13(7-4-8-16(21)22)19-14(20)9-10-15(19)24-17(23)12-5-2-1-3-6-12/h1-3,5-6,13,24H,4,7-10H2,(H,21,22). The summed E-state index contributed by atoms with van der Waals surface area (Å²) in [6.07, 6.45) is 1.67. The van der Waals surface area contributed by atoms with E-state index in [4.69, 9.17) is 17.3 Å². The Kier molecular flexibility index (Phi) is 6.64. The summed E-state index contributed by atoms with van der Waals surface area (Å²) in [4.78, 5) is 25.2. The molecule has 1 N–H and O–H groups in total. The third kappa shape index (κ3) is 4.73. The minimum absolute atomic E-state index is 0.00428. The number of thiocarbonyl (C=S) groups is 1. The van der Waals surface area contributed by atoms with Gasteiger partial charge in [-0.25, -0.2) is 0 Å². The van der Waals surface area contributed by atoms with Crippen LogP contribution in [0.15, 0.2) is 30.3 Å². The van der Waals surface area contributed by atoms with Crippen LogP contribution in [0.25, 0.3) is 0 Å². The van der Waals surface area contributed by atoms with Gasteiger partial charge in [-0.05, 0) is 18.4 Å². The number of carboxylic acids is 1. The molecule has 0 aliphatic carbocycles. The van der Waals surface area contributed by atoms with E-state index in [-0.39, 0.29) is 12.3 Å². The highest BCUT2D eigenvalue weighted by Crippen LogP contribution is 2.24. The molecule has 0 aromatic heterocycles. The average Bonchev–Trinajstić information content (AvgIpc) is 2.93. The number of likely N-dealkylation sites (tertiary alicyclic amines) is 1. The number of carbonyl (C=O) groups excluding carboxylic acids is 1. The molecule has 0 spiro atoms. The summed E-state index contributed by atoms with van der Waals surface area (Å²) in [5.74, 6) is -0.984. The molecule has 1 saturated heterocycles. The first-order valence-electron chi connectivity index (χ1n) is 7.63. The predicted octanol–water partition coefficient (Wildman–Crippen LogP) is 2.73. The number of nitriles is 1. The van der Waals surface area contributed by atoms with Gasteiger partial charge in [0.05, 0.1) is 10.3 Å². The second kappa shape index (κ2) is 8.71. The molecule has 1 aromatic carbocycles. The van der Waals surface area contributed by atoms with Gasteiger partial charge < -0.3 is 5.11 Å². The van der Waals surface area contributed by atoms with Crippen molar-refractivity contribution in [1.82, 2.24) is 4.90 Å². The van der Waals surface area contributed by atoms with Gasteiger partial charge in [-0.1, -0.05) is 42.5 Å². The van der Waals surface area contributed by atoms with Crippen molar-refractivity contribution in [3.8, 4) is 6.07 Å². The van der Waals surface area contributed by atoms with Crippen molar-refractivity contribution in [3.63, 3.8) is 0 Å². The summed E-state index contributed by atoms with van der Waals surface area (Å²) < 4.78 is 0.715. The molecule has 1 aliphatic heterocycles. The van der Waals surface area contributed by atoms with E-state index in [9.17, 15) is 14.9 Å². The molecule has 1 aliphatic rings. The summed E-state index contributed by atoms with van der Waals surface area (Å²) in [7, 11) is 0. The van der Waals surface area contributed by atoms with Gasteiger partial charge in [0.15, 0.2) is 0 Å². The van der Waals surface area contributed by atoms with Crippen LogP contribution in [-0.2, 0) is 9.59 Å². The highest BCUT2D eigenvalue weighted by atomic mass is 32.2. The van der Waals surface area contributed by atoms with Crippen LogP contribution in [0.1, 0.15) is 37.7 Å². The Hall–Kier alpha value is -2.04. The Morgan fingerprint density at radius 3 is 2.71 bits per heavy atom. The first kappa shape index (κ1) is 18.3. The molecule has 1 unspecified atom stereocenters. The second-order valence-corrected chi connectivity index (χ2v) is 7.29. The molecular formula is C17H18N2O3S2. The van der Waals surface area contributed by atoms with Crippen LogP contribution < -0.4 is 0 Å². The zero-order valence-electron chi connectivity index (χ0n) is 13.0. The maximum atomic E-state index is 12.2. The number of rotatable bonds is 6. The molecule has 24 heavy (non-hydrogen) atoms. The summed E-state index contributed by atoms with van der Waals surface area (Å²) in [6.45, 7) is 0. The molecule has 1 aromatic rings. The summed E-state index contributed by atoms with van der Waals surface area (Å²) in [5, 5.41) is 18.1. The van der Waals surface area contributed by atoms with E-state index >= 15 is 0 Å². The lowest BCUT2D eigenvalue weighted by Crippen LogP contribution is -2.38. The van der Waals surface area contributed by atoms with Gasteiger partial charge >= 0.3 is 5.97 Å². The number of hydrogen-bond acceptors (Lipinski definition) is 4. The van der Waals surface area contributed by atoms with Crippen molar-refractivity contribution in [2.75, 3.05) is 0 Å². The van der Waals surface area contributed by atoms with Gasteiger partial charge in [-0.2, -0.15) is 5.26 Å². The van der Waals surface area contributed by atoms with E-state index in [0.717, 1.165) is 21.9 Å². The Bertz CT molecular complexity index is 710. The molecule has 2 rings (SSSR count). The van der Waals surface area contributed by atoms with E-state index in [2.05, 4.69) is 6.07 Å². The molecular weight excluding hydrogens is 344 g/mol. The fraction of sp³-hybridized carbons (Fsp3) is 0.353. The van der Waals surface area contributed by atoms with Crippen LogP contribution in [0.3, 0.4) is 0 Å². The molecule has 0 bridgehead atoms. The van der Waals surface area contributed by atoms with Crippen molar-refractivity contribution in [2.45, 2.75) is 38.1 Å². The van der Waals surface area contributed by atoms with Crippen LogP contribution in [0.5, 0.6) is 0 Å². The third-order valence-electron chi connectivity index (χ3n) is 3.69. The van der Waals surface area contributed by atoms with Crippen LogP contribution in [0.2, 0.25) is 0 Å². The monoisotopic (exact) mass is 362 g/mol. The Labute approximate surface area is 149 Å². The number of hydrogen-bond donors (Lipinski definition) is 2. The van der Waals surface area contributed by atoms with E-state index in [1.807, 2.05) is 30.3 Å². The fourth-order valence-corrected chi connectivity index (χ4v) is 4.07. The van der Waals surface area contributed by atoms with Crippen molar-refractivity contribution in [1.29, 1.82) is 5.26 Å². The number of carboxylic acid groups (broad SMARTS) is 1. The van der Waals surface area contributed by atoms with Crippen molar-refractivity contribution in [2.24, 2.45) is 0 Å². The summed E-state index contributed by atoms with van der Waals surface area (Å²) >= 11 is 6.22. The fourth-order valence-electron chi connectivity index (χ4n) is 2.53. The second-order valence-electron chi connectivity index (χ2n) is 5.39. The lowest BCUT2D eigenvalue weighted by molar-refractivity contribution is -0.137. The van der Waals surface area contributed by atoms with Gasteiger partial charge in [0.2, 0.25) is 5.91 Å². The van der Waals surface area contributed by atoms with E-state index in [1.165, 1.54) is 4.90 Å². The lowest BCUT2D eigenvalue weighted by atomic mass is 10.1. The van der Waals surface area contributed by atoms with E-state index < -0.39 is 12.0 Å². The number of nitrogens with zero attached hydrogens (tertiary/aromatic N) is 2. The summed E-state index contributed by atoms with van der Waals surface area (Å²) in [5.41, 5.74) is 0.931. The maximum Gasteiger partial charge on any atom is 0.303 e. The van der Waals surface area contributed by atoms with Gasteiger partial charge in [0, 0.05) is 24.3 Å². The number of amides is 1. The SMILES string of the molecule is N#CC(CCCC(=O)O)N1C(=O)CCC1=[SH]C(=S)c1ccccc1. The summed E-state index contributed by atoms with van der Waals surface area (Å²) in [6, 6.07) is 11.1. The number of carbonyl (C=O) groups is 2. The molecule has 0 saturated carbocycles. The predicted molar refractivity (Wildman–Crippen MR) is 99.1 cm³/mol. The van der Waals surface area contributed by atoms with Crippen molar-refractivity contribution >= 4 is 44.6 Å². The van der Waals surface area contributed by atoms with Crippen LogP contribution in [0, 0.1) is 11.3 Å². The smallest absolute Gasteiger partial charge is 0.303 e. The van der Waals surface area contributed by atoms with Crippen molar-refractivity contribution in [3.05, 3.63) is 35.9 Å². The lowest BCUT2D eigenvalue weighted by Gasteiger charge is -2.23. The molecule has 0 radical (unpaired) electrons. The average molecular weight is 362 g/mol. The Balaban J connectivity index is 2.15. The van der Waals surface area contributed by atoms with Gasteiger partial charge in [0.25, 0.3) is 0 Å². The molecule has 1 fully saturated rings. The third-order valence-corrected chi connectivity index (χ3v) is 5.36. The molecule has 1 amide bonds. The van der Waals surface area contributed by atoms with Gasteiger partial charge in [-0.15, -0.1) is 11.4 Å². The Morgan fingerprint density at radius 1 is 1.38 bits per heavy atom. The molecule has 7 heteroatoms. The first-order chi connectivity index (χ1) is 11.5. The minimum Gasteiger partial charge on any atom is -0.481 e. The van der Waals surface area contributed by atoms with Crippen LogP contribution in [0.4, 0.5) is 0 Å². The van der Waals surface area contributed by atoms with Gasteiger partial charge in [-0.3, -0.25) is 14.5 Å². The number of benzene rings is 1. The molecule has 1 heterocycles. The number of thiol groups is 1. The molecule has 126 valence electrons. The molecule has 5 nitrogen and oxygen atoms in total. The highest BCUT2D eigenvalue weighted by molar-refractivity contribution is 8.22. The number of aliphatic carboxylic acids is 1. The van der Waals surface area contributed by atoms with Crippen LogP contribution in [-0.4, -0.2) is 37.1 Å². The zero-order valence-corrected chi connectivity index (χ0v) is 14.7.